The topological polar surface area (TPSA) is 81.9 Å². The summed E-state index contributed by atoms with van der Waals surface area (Å²) in [5.41, 5.74) is 1.04. The first-order valence-electron chi connectivity index (χ1n) is 7.89. The molecule has 0 aliphatic rings. The fraction of sp³-hybridized carbons (Fsp3) is 0.294. The summed E-state index contributed by atoms with van der Waals surface area (Å²) in [7, 11) is 1.51. The Labute approximate surface area is 149 Å². The highest BCUT2D eigenvalue weighted by Gasteiger charge is 2.20. The van der Waals surface area contributed by atoms with Crippen molar-refractivity contribution < 1.29 is 9.53 Å². The van der Waals surface area contributed by atoms with Gasteiger partial charge in [-0.25, -0.2) is 4.68 Å². The molecule has 0 aliphatic heterocycles. The zero-order valence-corrected chi connectivity index (χ0v) is 15.1. The molecule has 0 spiro atoms. The number of nitrogens with one attached hydrogen (secondary N) is 1. The van der Waals surface area contributed by atoms with Crippen molar-refractivity contribution in [3.05, 3.63) is 47.2 Å². The van der Waals surface area contributed by atoms with Crippen molar-refractivity contribution in [2.75, 3.05) is 12.4 Å². The number of carbonyl (C=O) groups excluding carboxylic acids is 1. The molecule has 1 N–H and O–H groups in total. The summed E-state index contributed by atoms with van der Waals surface area (Å²) >= 11 is 1.37. The maximum Gasteiger partial charge on any atom is 0.281 e. The molecule has 0 atom stereocenters. The van der Waals surface area contributed by atoms with Crippen molar-refractivity contribution in [1.82, 2.24) is 20.0 Å². The Morgan fingerprint density at radius 1 is 1.28 bits per heavy atom. The van der Waals surface area contributed by atoms with Gasteiger partial charge in [0.2, 0.25) is 5.13 Å². The molecule has 8 heteroatoms. The van der Waals surface area contributed by atoms with E-state index in [2.05, 4.69) is 34.5 Å². The van der Waals surface area contributed by atoms with Gasteiger partial charge < -0.3 is 4.74 Å². The summed E-state index contributed by atoms with van der Waals surface area (Å²) in [6, 6.07) is 9.53. The summed E-state index contributed by atoms with van der Waals surface area (Å²) in [6.07, 6.45) is 2.51. The number of ether oxygens (including phenoxy) is 1. The average molecular weight is 357 g/mol. The van der Waals surface area contributed by atoms with Crippen LogP contribution >= 0.6 is 11.3 Å². The van der Waals surface area contributed by atoms with Gasteiger partial charge in [-0.05, 0) is 18.1 Å². The molecule has 0 saturated heterocycles. The molecule has 0 bridgehead atoms. The van der Waals surface area contributed by atoms with Gasteiger partial charge in [0, 0.05) is 6.42 Å². The van der Waals surface area contributed by atoms with Gasteiger partial charge in [-0.3, -0.25) is 10.1 Å². The zero-order valence-electron chi connectivity index (χ0n) is 14.3. The minimum atomic E-state index is -0.376. The summed E-state index contributed by atoms with van der Waals surface area (Å²) in [4.78, 5) is 12.5. The van der Waals surface area contributed by atoms with Crippen molar-refractivity contribution in [1.29, 1.82) is 0 Å². The largest absolute Gasteiger partial charge is 0.493 e. The Bertz CT molecular complexity index is 857. The second kappa shape index (κ2) is 7.43. The van der Waals surface area contributed by atoms with Gasteiger partial charge in [0.1, 0.15) is 5.01 Å². The van der Waals surface area contributed by atoms with E-state index in [0.29, 0.717) is 16.8 Å². The molecule has 1 amide bonds. The number of benzene rings is 1. The Kier molecular flexibility index (Phi) is 5.08. The van der Waals surface area contributed by atoms with Crippen LogP contribution in [0.3, 0.4) is 0 Å². The number of rotatable bonds is 6. The van der Waals surface area contributed by atoms with Crippen LogP contribution in [0.4, 0.5) is 5.13 Å². The molecular weight excluding hydrogens is 338 g/mol. The van der Waals surface area contributed by atoms with E-state index >= 15 is 0 Å². The normalized spacial score (nSPS) is 10.9. The van der Waals surface area contributed by atoms with Crippen LogP contribution in [0, 0.1) is 5.92 Å². The number of carbonyl (C=O) groups is 1. The molecule has 0 unspecified atom stereocenters. The van der Waals surface area contributed by atoms with Crippen molar-refractivity contribution in [3.8, 4) is 11.4 Å². The monoisotopic (exact) mass is 357 g/mol. The molecular formula is C17H19N5O2S. The van der Waals surface area contributed by atoms with Crippen LogP contribution in [0.2, 0.25) is 0 Å². The third-order valence-electron chi connectivity index (χ3n) is 3.41. The van der Waals surface area contributed by atoms with Crippen LogP contribution in [-0.4, -0.2) is 33.0 Å². The molecule has 3 rings (SSSR count). The van der Waals surface area contributed by atoms with E-state index in [1.165, 1.54) is 18.4 Å². The molecule has 0 aliphatic carbocycles. The molecule has 2 aromatic heterocycles. The molecule has 0 fully saturated rings. The van der Waals surface area contributed by atoms with Crippen molar-refractivity contribution >= 4 is 22.4 Å². The minimum absolute atomic E-state index is 0.201. The van der Waals surface area contributed by atoms with Crippen LogP contribution in [0.25, 0.3) is 5.69 Å². The van der Waals surface area contributed by atoms with E-state index in [1.54, 1.807) is 10.9 Å². The fourth-order valence-corrected chi connectivity index (χ4v) is 3.22. The maximum absolute atomic E-state index is 12.5. The van der Waals surface area contributed by atoms with Gasteiger partial charge in [-0.15, -0.1) is 10.2 Å². The zero-order chi connectivity index (χ0) is 17.8. The first-order valence-corrected chi connectivity index (χ1v) is 8.71. The van der Waals surface area contributed by atoms with Gasteiger partial charge in [-0.1, -0.05) is 43.4 Å². The molecule has 0 radical (unpaired) electrons. The molecule has 25 heavy (non-hydrogen) atoms. The number of anilines is 1. The first kappa shape index (κ1) is 17.1. The number of methoxy groups -OCH3 is 1. The van der Waals surface area contributed by atoms with E-state index in [1.807, 2.05) is 30.3 Å². The van der Waals surface area contributed by atoms with E-state index in [4.69, 9.17) is 4.74 Å². The highest BCUT2D eigenvalue weighted by atomic mass is 32.1. The first-order chi connectivity index (χ1) is 12.1. The lowest BCUT2D eigenvalue weighted by Gasteiger charge is -2.00. The van der Waals surface area contributed by atoms with Gasteiger partial charge in [0.05, 0.1) is 19.0 Å². The predicted molar refractivity (Wildman–Crippen MR) is 96.5 cm³/mol. The smallest absolute Gasteiger partial charge is 0.281 e. The molecule has 7 nitrogen and oxygen atoms in total. The van der Waals surface area contributed by atoms with E-state index in [0.717, 1.165) is 17.1 Å². The van der Waals surface area contributed by atoms with E-state index < -0.39 is 0 Å². The number of amides is 1. The SMILES string of the molecule is COc1cn(-c2ccccc2)nc1C(=O)Nc1nnc(CC(C)C)s1. The fourth-order valence-electron chi connectivity index (χ4n) is 2.27. The van der Waals surface area contributed by atoms with Crippen LogP contribution < -0.4 is 10.1 Å². The number of hydrogen-bond acceptors (Lipinski definition) is 6. The van der Waals surface area contributed by atoms with Crippen LogP contribution in [0.5, 0.6) is 5.75 Å². The van der Waals surface area contributed by atoms with Crippen molar-refractivity contribution in [2.24, 2.45) is 5.92 Å². The molecule has 130 valence electrons. The standard InChI is InChI=1S/C17H19N5O2S/c1-11(2)9-14-19-20-17(25-14)18-16(23)15-13(24-3)10-22(21-15)12-7-5-4-6-8-12/h4-8,10-11H,9H2,1-3H3,(H,18,20,23). The summed E-state index contributed by atoms with van der Waals surface area (Å²) < 4.78 is 6.90. The number of aromatic nitrogens is 4. The van der Waals surface area contributed by atoms with Crippen LogP contribution in [-0.2, 0) is 6.42 Å². The van der Waals surface area contributed by atoms with Gasteiger partial charge in [0.25, 0.3) is 5.91 Å². The average Bonchev–Trinajstić information content (AvgIpc) is 3.22. The lowest BCUT2D eigenvalue weighted by molar-refractivity contribution is 0.101. The number of para-hydroxylation sites is 1. The van der Waals surface area contributed by atoms with Gasteiger partial charge in [0.15, 0.2) is 11.4 Å². The summed E-state index contributed by atoms with van der Waals surface area (Å²) in [5, 5.41) is 16.5. The lowest BCUT2D eigenvalue weighted by atomic mass is 10.1. The summed E-state index contributed by atoms with van der Waals surface area (Å²) in [5.74, 6) is 0.505. The highest BCUT2D eigenvalue weighted by molar-refractivity contribution is 7.15. The third-order valence-corrected chi connectivity index (χ3v) is 4.27. The van der Waals surface area contributed by atoms with Gasteiger partial charge in [-0.2, -0.15) is 5.10 Å². The van der Waals surface area contributed by atoms with E-state index in [-0.39, 0.29) is 11.6 Å². The predicted octanol–water partition coefficient (Wildman–Crippen LogP) is 3.18. The number of nitrogens with zero attached hydrogens (tertiary/aromatic N) is 4. The highest BCUT2D eigenvalue weighted by Crippen LogP contribution is 2.23. The van der Waals surface area contributed by atoms with Crippen molar-refractivity contribution in [2.45, 2.75) is 20.3 Å². The molecule has 0 saturated carbocycles. The minimum Gasteiger partial charge on any atom is -0.493 e. The van der Waals surface area contributed by atoms with Gasteiger partial charge >= 0.3 is 0 Å². The molecule has 1 aromatic carbocycles. The second-order valence-electron chi connectivity index (χ2n) is 5.88. The molecule has 2 heterocycles. The Balaban J connectivity index is 1.80. The van der Waals surface area contributed by atoms with Crippen molar-refractivity contribution in [3.63, 3.8) is 0 Å². The third kappa shape index (κ3) is 4.03. The van der Waals surface area contributed by atoms with Crippen LogP contribution in [0.1, 0.15) is 29.3 Å². The Hall–Kier alpha value is -2.74. The summed E-state index contributed by atoms with van der Waals surface area (Å²) in [6.45, 7) is 4.22. The number of hydrogen-bond donors (Lipinski definition) is 1. The Morgan fingerprint density at radius 3 is 2.72 bits per heavy atom. The lowest BCUT2D eigenvalue weighted by Crippen LogP contribution is -2.14. The molecule has 3 aromatic rings. The van der Waals surface area contributed by atoms with E-state index in [9.17, 15) is 4.79 Å². The Morgan fingerprint density at radius 2 is 2.04 bits per heavy atom. The maximum atomic E-state index is 12.5. The van der Waals surface area contributed by atoms with Crippen LogP contribution in [0.15, 0.2) is 36.5 Å². The second-order valence-corrected chi connectivity index (χ2v) is 6.94. The quantitative estimate of drug-likeness (QED) is 0.733.